The van der Waals surface area contributed by atoms with Crippen LogP contribution < -0.4 is 15.8 Å². The SMILES string of the molecule is CC(=O)NSc1ccc(NC(=O)c2nc(-c3ccc4cn[nH]c4c3)cnc2N)cc1. The standard InChI is InChI=1S/C20H17N7O2S/c1-11(28)27-30-15-6-4-14(5-7-15)24-20(29)18-19(21)22-10-17(25-18)12-2-3-13-9-23-26-16(13)8-12/h2-10H,1H3,(H2,21,22)(H,23,26)(H,24,29)(H,27,28). The smallest absolute Gasteiger partial charge is 0.278 e. The van der Waals surface area contributed by atoms with Crippen molar-refractivity contribution < 1.29 is 9.59 Å². The second-order valence-corrected chi connectivity index (χ2v) is 7.28. The highest BCUT2D eigenvalue weighted by molar-refractivity contribution is 7.98. The van der Waals surface area contributed by atoms with E-state index in [-0.39, 0.29) is 17.4 Å². The van der Waals surface area contributed by atoms with Gasteiger partial charge < -0.3 is 11.1 Å². The number of H-pyrrole nitrogens is 1. The maximum Gasteiger partial charge on any atom is 0.278 e. The quantitative estimate of drug-likeness (QED) is 0.365. The number of hydrogen-bond donors (Lipinski definition) is 4. The van der Waals surface area contributed by atoms with Crippen LogP contribution >= 0.6 is 11.9 Å². The zero-order valence-corrected chi connectivity index (χ0v) is 16.7. The fourth-order valence-corrected chi connectivity index (χ4v) is 3.26. The average molecular weight is 419 g/mol. The number of carbonyl (C=O) groups excluding carboxylic acids is 2. The predicted octanol–water partition coefficient (Wildman–Crippen LogP) is 3.00. The van der Waals surface area contributed by atoms with Crippen LogP contribution in [0.15, 0.2) is 59.8 Å². The van der Waals surface area contributed by atoms with E-state index in [4.69, 9.17) is 5.73 Å². The molecule has 2 aromatic carbocycles. The van der Waals surface area contributed by atoms with Crippen molar-refractivity contribution in [3.05, 3.63) is 60.6 Å². The molecule has 10 heteroatoms. The number of rotatable bonds is 5. The van der Waals surface area contributed by atoms with Gasteiger partial charge in [-0.2, -0.15) is 5.10 Å². The molecule has 2 aromatic heterocycles. The molecule has 2 amide bonds. The Balaban J connectivity index is 1.53. The maximum absolute atomic E-state index is 12.7. The van der Waals surface area contributed by atoms with Crippen LogP contribution in [0.3, 0.4) is 0 Å². The molecule has 0 aliphatic carbocycles. The molecule has 150 valence electrons. The molecule has 9 nitrogen and oxygen atoms in total. The minimum absolute atomic E-state index is 0.0360. The molecule has 2 heterocycles. The van der Waals surface area contributed by atoms with E-state index in [9.17, 15) is 9.59 Å². The van der Waals surface area contributed by atoms with Gasteiger partial charge in [0.25, 0.3) is 5.91 Å². The Morgan fingerprint density at radius 1 is 1.10 bits per heavy atom. The van der Waals surface area contributed by atoms with Crippen molar-refractivity contribution in [1.29, 1.82) is 0 Å². The van der Waals surface area contributed by atoms with Crippen LogP contribution in [0, 0.1) is 0 Å². The average Bonchev–Trinajstić information content (AvgIpc) is 3.21. The molecule has 0 saturated heterocycles. The van der Waals surface area contributed by atoms with Crippen molar-refractivity contribution in [2.75, 3.05) is 11.1 Å². The number of hydrogen-bond acceptors (Lipinski definition) is 7. The maximum atomic E-state index is 12.7. The Morgan fingerprint density at radius 3 is 2.67 bits per heavy atom. The van der Waals surface area contributed by atoms with Gasteiger partial charge in [-0.25, -0.2) is 9.97 Å². The number of nitrogens with zero attached hydrogens (tertiary/aromatic N) is 3. The zero-order chi connectivity index (χ0) is 21.1. The number of nitrogens with two attached hydrogens (primary N) is 1. The van der Waals surface area contributed by atoms with Gasteiger partial charge in [0, 0.05) is 28.5 Å². The van der Waals surface area contributed by atoms with Crippen LogP contribution in [0.25, 0.3) is 22.2 Å². The number of aromatic nitrogens is 4. The summed E-state index contributed by atoms with van der Waals surface area (Å²) in [5.74, 6) is -0.568. The van der Waals surface area contributed by atoms with E-state index in [1.165, 1.54) is 25.1 Å². The zero-order valence-electron chi connectivity index (χ0n) is 15.8. The summed E-state index contributed by atoms with van der Waals surface area (Å²) in [7, 11) is 0. The molecule has 5 N–H and O–H groups in total. The van der Waals surface area contributed by atoms with E-state index in [0.717, 1.165) is 21.4 Å². The lowest BCUT2D eigenvalue weighted by Gasteiger charge is -2.09. The Hall–Kier alpha value is -3.92. The summed E-state index contributed by atoms with van der Waals surface area (Å²) >= 11 is 1.19. The lowest BCUT2D eigenvalue weighted by Crippen LogP contribution is -2.17. The van der Waals surface area contributed by atoms with E-state index in [1.54, 1.807) is 30.5 Å². The van der Waals surface area contributed by atoms with Crippen LogP contribution in [0.1, 0.15) is 17.4 Å². The molecule has 0 aliphatic heterocycles. The molecular weight excluding hydrogens is 402 g/mol. The molecule has 0 atom stereocenters. The summed E-state index contributed by atoms with van der Waals surface area (Å²) in [5.41, 5.74) is 8.66. The van der Waals surface area contributed by atoms with Crippen LogP contribution in [-0.2, 0) is 4.79 Å². The molecule has 0 radical (unpaired) electrons. The highest BCUT2D eigenvalue weighted by Gasteiger charge is 2.15. The summed E-state index contributed by atoms with van der Waals surface area (Å²) in [6, 6.07) is 12.7. The summed E-state index contributed by atoms with van der Waals surface area (Å²) < 4.78 is 2.64. The van der Waals surface area contributed by atoms with Crippen LogP contribution in [0.4, 0.5) is 11.5 Å². The van der Waals surface area contributed by atoms with Gasteiger partial charge in [-0.1, -0.05) is 12.1 Å². The van der Waals surface area contributed by atoms with Gasteiger partial charge >= 0.3 is 0 Å². The number of aromatic amines is 1. The van der Waals surface area contributed by atoms with Gasteiger partial charge in [0.15, 0.2) is 11.5 Å². The lowest BCUT2D eigenvalue weighted by atomic mass is 10.1. The van der Waals surface area contributed by atoms with Crippen molar-refractivity contribution in [2.45, 2.75) is 11.8 Å². The first kappa shape index (κ1) is 19.4. The lowest BCUT2D eigenvalue weighted by molar-refractivity contribution is -0.117. The normalized spacial score (nSPS) is 10.7. The second-order valence-electron chi connectivity index (χ2n) is 6.40. The van der Waals surface area contributed by atoms with E-state index in [2.05, 4.69) is 30.2 Å². The minimum atomic E-state index is -0.466. The molecule has 4 rings (SSSR count). The molecule has 0 aliphatic rings. The summed E-state index contributed by atoms with van der Waals surface area (Å²) in [6.07, 6.45) is 3.25. The van der Waals surface area contributed by atoms with Gasteiger partial charge in [-0.05, 0) is 42.3 Å². The highest BCUT2D eigenvalue weighted by atomic mass is 32.2. The first-order valence-corrected chi connectivity index (χ1v) is 9.72. The molecule has 0 saturated carbocycles. The molecular formula is C20H17N7O2S. The van der Waals surface area contributed by atoms with Crippen LogP contribution in [0.2, 0.25) is 0 Å². The van der Waals surface area contributed by atoms with E-state index in [1.807, 2.05) is 18.2 Å². The molecule has 0 fully saturated rings. The molecule has 30 heavy (non-hydrogen) atoms. The van der Waals surface area contributed by atoms with Gasteiger partial charge in [-0.3, -0.25) is 19.4 Å². The van der Waals surface area contributed by atoms with Crippen LogP contribution in [-0.4, -0.2) is 32.0 Å². The molecule has 0 bridgehead atoms. The Bertz CT molecular complexity index is 1240. The first-order chi connectivity index (χ1) is 14.5. The third kappa shape index (κ3) is 4.23. The largest absolute Gasteiger partial charge is 0.382 e. The van der Waals surface area contributed by atoms with Crippen molar-refractivity contribution in [3.63, 3.8) is 0 Å². The van der Waals surface area contributed by atoms with Crippen molar-refractivity contribution >= 4 is 46.2 Å². The van der Waals surface area contributed by atoms with Crippen LogP contribution in [0.5, 0.6) is 0 Å². The van der Waals surface area contributed by atoms with E-state index < -0.39 is 5.91 Å². The summed E-state index contributed by atoms with van der Waals surface area (Å²) in [4.78, 5) is 33.1. The van der Waals surface area contributed by atoms with Gasteiger partial charge in [-0.15, -0.1) is 0 Å². The first-order valence-electron chi connectivity index (χ1n) is 8.90. The third-order valence-electron chi connectivity index (χ3n) is 4.18. The summed E-state index contributed by atoms with van der Waals surface area (Å²) in [5, 5.41) is 10.6. The third-order valence-corrected chi connectivity index (χ3v) is 5.08. The van der Waals surface area contributed by atoms with E-state index in [0.29, 0.717) is 11.4 Å². The van der Waals surface area contributed by atoms with Gasteiger partial charge in [0.1, 0.15) is 0 Å². The Kier molecular flexibility index (Phi) is 5.31. The minimum Gasteiger partial charge on any atom is -0.382 e. The molecule has 4 aromatic rings. The number of nitrogen functional groups attached to an aromatic ring is 1. The van der Waals surface area contributed by atoms with Crippen molar-refractivity contribution in [3.8, 4) is 11.3 Å². The van der Waals surface area contributed by atoms with Crippen molar-refractivity contribution in [2.24, 2.45) is 0 Å². The number of amides is 2. The number of anilines is 2. The predicted molar refractivity (Wildman–Crippen MR) is 116 cm³/mol. The summed E-state index contributed by atoms with van der Waals surface area (Å²) in [6.45, 7) is 1.44. The molecule has 0 spiro atoms. The number of benzene rings is 2. The fraction of sp³-hybridized carbons (Fsp3) is 0.0500. The van der Waals surface area contributed by atoms with Gasteiger partial charge in [0.05, 0.1) is 23.6 Å². The topological polar surface area (TPSA) is 139 Å². The fourth-order valence-electron chi connectivity index (χ4n) is 2.73. The Labute approximate surface area is 175 Å². The van der Waals surface area contributed by atoms with Gasteiger partial charge in [0.2, 0.25) is 5.91 Å². The van der Waals surface area contributed by atoms with Crippen molar-refractivity contribution in [1.82, 2.24) is 24.9 Å². The number of carbonyl (C=O) groups is 2. The number of nitrogens with one attached hydrogen (secondary N) is 3. The molecule has 0 unspecified atom stereocenters. The highest BCUT2D eigenvalue weighted by Crippen LogP contribution is 2.23. The number of fused-ring (bicyclic) bond motifs is 1. The second kappa shape index (κ2) is 8.21. The monoisotopic (exact) mass is 419 g/mol. The Morgan fingerprint density at radius 2 is 1.90 bits per heavy atom. The van der Waals surface area contributed by atoms with E-state index >= 15 is 0 Å².